The molecule has 1 aliphatic heterocycles. The molecule has 1 aromatic carbocycles. The van der Waals surface area contributed by atoms with Crippen LogP contribution in [-0.2, 0) is 0 Å². The molecule has 0 aromatic heterocycles. The first-order valence-electron chi connectivity index (χ1n) is 6.61. The van der Waals surface area contributed by atoms with Crippen LogP contribution in [0, 0.1) is 17.2 Å². The molecule has 0 atom stereocenters. The number of ether oxygens (including phenoxy) is 2. The van der Waals surface area contributed by atoms with Crippen molar-refractivity contribution in [2.75, 3.05) is 27.3 Å². The molecule has 106 valence electrons. The Kier molecular flexibility index (Phi) is 4.46. The molecule has 20 heavy (non-hydrogen) atoms. The predicted octanol–water partition coefficient (Wildman–Crippen LogP) is 2.08. The Morgan fingerprint density at radius 3 is 2.25 bits per heavy atom. The minimum atomic E-state index is -0.101. The summed E-state index contributed by atoms with van der Waals surface area (Å²) in [6.45, 7) is 1.19. The van der Waals surface area contributed by atoms with E-state index in [1.807, 2.05) is 0 Å². The smallest absolute Gasteiger partial charge is 0.261 e. The van der Waals surface area contributed by atoms with Crippen LogP contribution in [0.25, 0.3) is 0 Å². The third-order valence-electron chi connectivity index (χ3n) is 3.61. The van der Waals surface area contributed by atoms with Crippen molar-refractivity contribution >= 4 is 5.91 Å². The van der Waals surface area contributed by atoms with Gasteiger partial charge >= 0.3 is 0 Å². The minimum absolute atomic E-state index is 0.0543. The van der Waals surface area contributed by atoms with Crippen molar-refractivity contribution in [2.24, 2.45) is 5.92 Å². The maximum absolute atomic E-state index is 12.6. The molecular weight excluding hydrogens is 256 g/mol. The third kappa shape index (κ3) is 2.69. The van der Waals surface area contributed by atoms with E-state index in [4.69, 9.17) is 14.7 Å². The Bertz CT molecular complexity index is 506. The number of carbonyl (C=O) groups is 1. The molecule has 1 saturated heterocycles. The highest BCUT2D eigenvalue weighted by Crippen LogP contribution is 2.30. The summed E-state index contributed by atoms with van der Waals surface area (Å²) in [5.74, 6) is 0.975. The quantitative estimate of drug-likeness (QED) is 0.846. The van der Waals surface area contributed by atoms with Gasteiger partial charge in [-0.15, -0.1) is 0 Å². The summed E-state index contributed by atoms with van der Waals surface area (Å²) in [4.78, 5) is 14.4. The summed E-state index contributed by atoms with van der Waals surface area (Å²) in [6.07, 6.45) is 1.44. The van der Waals surface area contributed by atoms with Crippen LogP contribution in [0.5, 0.6) is 11.5 Å². The van der Waals surface area contributed by atoms with Crippen molar-refractivity contribution in [1.29, 1.82) is 5.26 Å². The van der Waals surface area contributed by atoms with Crippen LogP contribution < -0.4 is 9.47 Å². The number of carbonyl (C=O) groups excluding carboxylic acids is 1. The number of hydrogen-bond acceptors (Lipinski definition) is 4. The number of likely N-dealkylation sites (tertiary alicyclic amines) is 1. The SMILES string of the molecule is COc1cccc(OC)c1C(=O)N1CCC(C#N)CC1. The molecule has 1 aliphatic rings. The number of nitrogens with zero attached hydrogens (tertiary/aromatic N) is 2. The number of amides is 1. The van der Waals surface area contributed by atoms with Crippen molar-refractivity contribution in [3.05, 3.63) is 23.8 Å². The summed E-state index contributed by atoms with van der Waals surface area (Å²) < 4.78 is 10.5. The molecule has 1 fully saturated rings. The lowest BCUT2D eigenvalue weighted by molar-refractivity contribution is 0.0700. The molecule has 0 bridgehead atoms. The maximum atomic E-state index is 12.6. The Balaban J connectivity index is 2.23. The lowest BCUT2D eigenvalue weighted by atomic mass is 9.98. The van der Waals surface area contributed by atoms with Crippen LogP contribution in [0.2, 0.25) is 0 Å². The average Bonchev–Trinajstić information content (AvgIpc) is 2.53. The van der Waals surface area contributed by atoms with E-state index in [-0.39, 0.29) is 11.8 Å². The zero-order chi connectivity index (χ0) is 14.5. The van der Waals surface area contributed by atoms with E-state index in [2.05, 4.69) is 6.07 Å². The van der Waals surface area contributed by atoms with Gasteiger partial charge in [0.2, 0.25) is 0 Å². The average molecular weight is 274 g/mol. The van der Waals surface area contributed by atoms with Gasteiger partial charge in [0.05, 0.1) is 20.3 Å². The van der Waals surface area contributed by atoms with Crippen molar-refractivity contribution in [2.45, 2.75) is 12.8 Å². The summed E-state index contributed by atoms with van der Waals surface area (Å²) in [5, 5.41) is 8.90. The van der Waals surface area contributed by atoms with E-state index < -0.39 is 0 Å². The van der Waals surface area contributed by atoms with Gasteiger partial charge in [0.15, 0.2) is 0 Å². The van der Waals surface area contributed by atoms with Crippen LogP contribution in [0.1, 0.15) is 23.2 Å². The van der Waals surface area contributed by atoms with Crippen LogP contribution >= 0.6 is 0 Å². The molecule has 1 heterocycles. The molecule has 0 radical (unpaired) electrons. The Morgan fingerprint density at radius 2 is 1.80 bits per heavy atom. The van der Waals surface area contributed by atoms with E-state index >= 15 is 0 Å². The summed E-state index contributed by atoms with van der Waals surface area (Å²) in [7, 11) is 3.07. The predicted molar refractivity (Wildman–Crippen MR) is 73.8 cm³/mol. The first-order valence-corrected chi connectivity index (χ1v) is 6.61. The normalized spacial score (nSPS) is 15.6. The molecule has 0 N–H and O–H groups in total. The van der Waals surface area contributed by atoms with E-state index in [1.54, 1.807) is 23.1 Å². The van der Waals surface area contributed by atoms with Crippen molar-refractivity contribution in [1.82, 2.24) is 4.90 Å². The summed E-state index contributed by atoms with van der Waals surface area (Å²) in [5.41, 5.74) is 0.452. The van der Waals surface area contributed by atoms with Crippen molar-refractivity contribution in [3.63, 3.8) is 0 Å². The summed E-state index contributed by atoms with van der Waals surface area (Å²) >= 11 is 0. The van der Waals surface area contributed by atoms with Gasteiger partial charge in [0.25, 0.3) is 5.91 Å². The minimum Gasteiger partial charge on any atom is -0.496 e. The fourth-order valence-electron chi connectivity index (χ4n) is 2.43. The Labute approximate surface area is 118 Å². The number of benzene rings is 1. The second-order valence-corrected chi connectivity index (χ2v) is 4.73. The van der Waals surface area contributed by atoms with Crippen LogP contribution in [0.15, 0.2) is 18.2 Å². The van der Waals surface area contributed by atoms with E-state index in [9.17, 15) is 4.79 Å². The number of methoxy groups -OCH3 is 2. The lowest BCUT2D eigenvalue weighted by Crippen LogP contribution is -2.38. The largest absolute Gasteiger partial charge is 0.496 e. The van der Waals surface area contributed by atoms with Crippen LogP contribution in [0.4, 0.5) is 0 Å². The van der Waals surface area contributed by atoms with Crippen molar-refractivity contribution in [3.8, 4) is 17.6 Å². The van der Waals surface area contributed by atoms with Crippen LogP contribution in [-0.4, -0.2) is 38.1 Å². The monoisotopic (exact) mass is 274 g/mol. The van der Waals surface area contributed by atoms with Gasteiger partial charge in [-0.25, -0.2) is 0 Å². The molecule has 1 aromatic rings. The molecule has 0 saturated carbocycles. The lowest BCUT2D eigenvalue weighted by Gasteiger charge is -2.30. The highest BCUT2D eigenvalue weighted by Gasteiger charge is 2.27. The number of rotatable bonds is 3. The molecule has 1 amide bonds. The highest BCUT2D eigenvalue weighted by molar-refractivity contribution is 5.99. The maximum Gasteiger partial charge on any atom is 0.261 e. The number of piperidine rings is 1. The second-order valence-electron chi connectivity index (χ2n) is 4.73. The number of nitriles is 1. The zero-order valence-corrected chi connectivity index (χ0v) is 11.8. The van der Waals surface area contributed by atoms with Gasteiger partial charge in [-0.1, -0.05) is 6.07 Å². The van der Waals surface area contributed by atoms with Gasteiger partial charge in [-0.05, 0) is 25.0 Å². The van der Waals surface area contributed by atoms with Gasteiger partial charge in [-0.3, -0.25) is 4.79 Å². The fraction of sp³-hybridized carbons (Fsp3) is 0.467. The van der Waals surface area contributed by atoms with Gasteiger partial charge in [0.1, 0.15) is 17.1 Å². The van der Waals surface area contributed by atoms with Crippen LogP contribution in [0.3, 0.4) is 0 Å². The molecule has 5 nitrogen and oxygen atoms in total. The summed E-state index contributed by atoms with van der Waals surface area (Å²) in [6, 6.07) is 7.54. The molecular formula is C15H18N2O3. The van der Waals surface area contributed by atoms with Gasteiger partial charge in [-0.2, -0.15) is 5.26 Å². The zero-order valence-electron chi connectivity index (χ0n) is 11.8. The van der Waals surface area contributed by atoms with E-state index in [0.29, 0.717) is 30.2 Å². The Hall–Kier alpha value is -2.22. The first kappa shape index (κ1) is 14.2. The number of hydrogen-bond donors (Lipinski definition) is 0. The third-order valence-corrected chi connectivity index (χ3v) is 3.61. The molecule has 0 aliphatic carbocycles. The van der Waals surface area contributed by atoms with E-state index in [1.165, 1.54) is 14.2 Å². The molecule has 2 rings (SSSR count). The topological polar surface area (TPSA) is 62.6 Å². The highest BCUT2D eigenvalue weighted by atomic mass is 16.5. The standard InChI is InChI=1S/C15H18N2O3/c1-19-12-4-3-5-13(20-2)14(12)15(18)17-8-6-11(10-16)7-9-17/h3-5,11H,6-9H2,1-2H3. The van der Waals surface area contributed by atoms with Gasteiger partial charge in [0, 0.05) is 19.0 Å². The first-order chi connectivity index (χ1) is 9.71. The molecule has 5 heteroatoms. The van der Waals surface area contributed by atoms with Crippen molar-refractivity contribution < 1.29 is 14.3 Å². The van der Waals surface area contributed by atoms with Gasteiger partial charge < -0.3 is 14.4 Å². The molecule has 0 unspecified atom stereocenters. The molecule has 0 spiro atoms. The second kappa shape index (κ2) is 6.29. The Morgan fingerprint density at radius 1 is 1.25 bits per heavy atom. The fourth-order valence-corrected chi connectivity index (χ4v) is 2.43. The van der Waals surface area contributed by atoms with E-state index in [0.717, 1.165) is 12.8 Å².